The molecular weight excluding hydrogens is 216 g/mol. The monoisotopic (exact) mass is 236 g/mol. The van der Waals surface area contributed by atoms with Gasteiger partial charge in [-0.2, -0.15) is 0 Å². The molecule has 1 saturated heterocycles. The van der Waals surface area contributed by atoms with Gasteiger partial charge in [-0.1, -0.05) is 0 Å². The third kappa shape index (κ3) is 3.98. The second-order valence-electron chi connectivity index (χ2n) is 4.30. The molecule has 1 N–H and O–H groups in total. The Morgan fingerprint density at radius 2 is 2.47 bits per heavy atom. The van der Waals surface area contributed by atoms with E-state index >= 15 is 0 Å². The molecule has 0 aliphatic carbocycles. The Labute approximate surface area is 102 Å². The highest BCUT2D eigenvalue weighted by Gasteiger charge is 2.13. The van der Waals surface area contributed by atoms with Crippen molar-refractivity contribution < 1.29 is 9.47 Å². The van der Waals surface area contributed by atoms with Crippen molar-refractivity contribution in [3.63, 3.8) is 0 Å². The van der Waals surface area contributed by atoms with Crippen molar-refractivity contribution in [2.24, 2.45) is 0 Å². The molecule has 1 aliphatic rings. The van der Waals surface area contributed by atoms with Crippen LogP contribution in [-0.2, 0) is 16.1 Å². The number of hydrogen-bond donors (Lipinski definition) is 1. The van der Waals surface area contributed by atoms with Gasteiger partial charge < -0.3 is 14.8 Å². The van der Waals surface area contributed by atoms with Crippen molar-refractivity contribution in [2.75, 3.05) is 25.6 Å². The molecule has 1 aliphatic heterocycles. The van der Waals surface area contributed by atoms with E-state index in [1.54, 1.807) is 6.20 Å². The molecule has 0 saturated carbocycles. The lowest BCUT2D eigenvalue weighted by atomic mass is 10.1. The van der Waals surface area contributed by atoms with E-state index in [4.69, 9.17) is 9.47 Å². The van der Waals surface area contributed by atoms with Gasteiger partial charge in [0.1, 0.15) is 5.82 Å². The van der Waals surface area contributed by atoms with Gasteiger partial charge in [0, 0.05) is 19.9 Å². The number of ether oxygens (including phenoxy) is 2. The summed E-state index contributed by atoms with van der Waals surface area (Å²) in [4.78, 5) is 4.16. The molecule has 1 fully saturated rings. The summed E-state index contributed by atoms with van der Waals surface area (Å²) in [5.74, 6) is 0.875. The minimum atomic E-state index is 0.286. The molecule has 0 radical (unpaired) electrons. The zero-order valence-corrected chi connectivity index (χ0v) is 10.3. The van der Waals surface area contributed by atoms with Crippen molar-refractivity contribution in [3.05, 3.63) is 23.9 Å². The zero-order valence-electron chi connectivity index (χ0n) is 10.3. The first-order chi connectivity index (χ1) is 8.38. The van der Waals surface area contributed by atoms with Gasteiger partial charge in [0.15, 0.2) is 0 Å². The van der Waals surface area contributed by atoms with Crippen LogP contribution in [0.2, 0.25) is 0 Å². The van der Waals surface area contributed by atoms with Gasteiger partial charge in [0.2, 0.25) is 0 Å². The van der Waals surface area contributed by atoms with Crippen LogP contribution in [0, 0.1) is 0 Å². The van der Waals surface area contributed by atoms with Crippen LogP contribution < -0.4 is 5.32 Å². The molecule has 17 heavy (non-hydrogen) atoms. The molecule has 1 unspecified atom stereocenters. The predicted octanol–water partition coefficient (Wildman–Crippen LogP) is 2.21. The number of rotatable bonds is 5. The quantitative estimate of drug-likeness (QED) is 0.851. The first-order valence-electron chi connectivity index (χ1n) is 6.20. The van der Waals surface area contributed by atoms with Gasteiger partial charge in [0.05, 0.1) is 19.3 Å². The average Bonchev–Trinajstić information content (AvgIpc) is 2.40. The van der Waals surface area contributed by atoms with Crippen LogP contribution >= 0.6 is 0 Å². The van der Waals surface area contributed by atoms with Crippen molar-refractivity contribution >= 4 is 5.82 Å². The standard InChI is InChI=1S/C13H20N2O2/c1-14-13-8-11(5-6-15-13)9-16-10-12-4-2-3-7-17-12/h5-6,8,12H,2-4,7,9-10H2,1H3,(H,14,15). The molecule has 1 aromatic heterocycles. The van der Waals surface area contributed by atoms with E-state index in [2.05, 4.69) is 10.3 Å². The number of aromatic nitrogens is 1. The second kappa shape index (κ2) is 6.57. The maximum atomic E-state index is 5.68. The van der Waals surface area contributed by atoms with Crippen LogP contribution in [0.25, 0.3) is 0 Å². The molecule has 1 aromatic rings. The fourth-order valence-corrected chi connectivity index (χ4v) is 1.95. The molecule has 0 bridgehead atoms. The lowest BCUT2D eigenvalue weighted by molar-refractivity contribution is -0.0447. The van der Waals surface area contributed by atoms with Crippen LogP contribution in [0.4, 0.5) is 5.82 Å². The van der Waals surface area contributed by atoms with Crippen LogP contribution in [-0.4, -0.2) is 31.3 Å². The fourth-order valence-electron chi connectivity index (χ4n) is 1.95. The number of pyridine rings is 1. The van der Waals surface area contributed by atoms with Crippen LogP contribution in [0.1, 0.15) is 24.8 Å². The second-order valence-corrected chi connectivity index (χ2v) is 4.30. The van der Waals surface area contributed by atoms with E-state index < -0.39 is 0 Å². The highest BCUT2D eigenvalue weighted by atomic mass is 16.5. The van der Waals surface area contributed by atoms with Crippen molar-refractivity contribution in [2.45, 2.75) is 32.0 Å². The predicted molar refractivity (Wildman–Crippen MR) is 67.0 cm³/mol. The SMILES string of the molecule is CNc1cc(COCC2CCCCO2)ccn1. The molecule has 94 valence electrons. The largest absolute Gasteiger partial charge is 0.376 e. The Kier molecular flexibility index (Phi) is 4.76. The Morgan fingerprint density at radius 3 is 3.24 bits per heavy atom. The molecular formula is C13H20N2O2. The summed E-state index contributed by atoms with van der Waals surface area (Å²) in [7, 11) is 1.86. The molecule has 2 heterocycles. The van der Waals surface area contributed by atoms with Gasteiger partial charge in [-0.3, -0.25) is 0 Å². The molecule has 2 rings (SSSR count). The summed E-state index contributed by atoms with van der Waals surface area (Å²) >= 11 is 0. The highest BCUT2D eigenvalue weighted by Crippen LogP contribution is 2.14. The van der Waals surface area contributed by atoms with E-state index in [1.165, 1.54) is 12.8 Å². The minimum Gasteiger partial charge on any atom is -0.376 e. The zero-order chi connectivity index (χ0) is 11.9. The summed E-state index contributed by atoms with van der Waals surface area (Å²) in [5.41, 5.74) is 1.14. The van der Waals surface area contributed by atoms with E-state index in [1.807, 2.05) is 19.2 Å². The van der Waals surface area contributed by atoms with E-state index in [0.717, 1.165) is 24.4 Å². The maximum absolute atomic E-state index is 5.68. The molecule has 0 aromatic carbocycles. The number of nitrogens with zero attached hydrogens (tertiary/aromatic N) is 1. The van der Waals surface area contributed by atoms with Crippen LogP contribution in [0.5, 0.6) is 0 Å². The molecule has 4 heteroatoms. The van der Waals surface area contributed by atoms with Gasteiger partial charge in [-0.05, 0) is 37.0 Å². The van der Waals surface area contributed by atoms with Gasteiger partial charge >= 0.3 is 0 Å². The minimum absolute atomic E-state index is 0.286. The molecule has 1 atom stereocenters. The van der Waals surface area contributed by atoms with E-state index in [-0.39, 0.29) is 6.10 Å². The van der Waals surface area contributed by atoms with Crippen LogP contribution in [0.15, 0.2) is 18.3 Å². The van der Waals surface area contributed by atoms with Crippen molar-refractivity contribution in [1.29, 1.82) is 0 Å². The number of nitrogens with one attached hydrogen (secondary N) is 1. The third-order valence-corrected chi connectivity index (χ3v) is 2.93. The molecule has 0 amide bonds. The van der Waals surface area contributed by atoms with Crippen molar-refractivity contribution in [1.82, 2.24) is 4.98 Å². The summed E-state index contributed by atoms with van der Waals surface area (Å²) < 4.78 is 11.3. The van der Waals surface area contributed by atoms with Crippen LogP contribution in [0.3, 0.4) is 0 Å². The van der Waals surface area contributed by atoms with E-state index in [0.29, 0.717) is 13.2 Å². The summed E-state index contributed by atoms with van der Waals surface area (Å²) in [6.07, 6.45) is 5.65. The van der Waals surface area contributed by atoms with E-state index in [9.17, 15) is 0 Å². The Balaban J connectivity index is 1.73. The lowest BCUT2D eigenvalue weighted by Gasteiger charge is -2.22. The van der Waals surface area contributed by atoms with Gasteiger partial charge in [0.25, 0.3) is 0 Å². The summed E-state index contributed by atoms with van der Waals surface area (Å²) in [6.45, 7) is 2.20. The van der Waals surface area contributed by atoms with Gasteiger partial charge in [-0.15, -0.1) is 0 Å². The summed E-state index contributed by atoms with van der Waals surface area (Å²) in [6, 6.07) is 3.98. The van der Waals surface area contributed by atoms with Gasteiger partial charge in [-0.25, -0.2) is 4.98 Å². The fraction of sp³-hybridized carbons (Fsp3) is 0.615. The molecule has 0 spiro atoms. The topological polar surface area (TPSA) is 43.4 Å². The normalized spacial score (nSPS) is 20.2. The summed E-state index contributed by atoms with van der Waals surface area (Å²) in [5, 5.41) is 3.02. The van der Waals surface area contributed by atoms with Crippen molar-refractivity contribution in [3.8, 4) is 0 Å². The Morgan fingerprint density at radius 1 is 1.53 bits per heavy atom. The Bertz CT molecular complexity index is 338. The average molecular weight is 236 g/mol. The smallest absolute Gasteiger partial charge is 0.125 e. The number of hydrogen-bond acceptors (Lipinski definition) is 4. The lowest BCUT2D eigenvalue weighted by Crippen LogP contribution is -2.24. The third-order valence-electron chi connectivity index (χ3n) is 2.93. The maximum Gasteiger partial charge on any atom is 0.125 e. The molecule has 4 nitrogen and oxygen atoms in total. The highest BCUT2D eigenvalue weighted by molar-refractivity contribution is 5.36. The first-order valence-corrected chi connectivity index (χ1v) is 6.20. The number of anilines is 1. The Hall–Kier alpha value is -1.13. The first kappa shape index (κ1) is 12.3.